The van der Waals surface area contributed by atoms with Crippen molar-refractivity contribution in [3.05, 3.63) is 23.2 Å². The second-order valence-corrected chi connectivity index (χ2v) is 6.32. The van der Waals surface area contributed by atoms with Gasteiger partial charge in [0.05, 0.1) is 20.2 Å². The molecule has 0 saturated heterocycles. The van der Waals surface area contributed by atoms with Crippen LogP contribution in [-0.2, 0) is 16.1 Å². The zero-order chi connectivity index (χ0) is 16.9. The van der Waals surface area contributed by atoms with Gasteiger partial charge in [0.25, 0.3) is 0 Å². The third-order valence-electron chi connectivity index (χ3n) is 3.05. The zero-order valence-corrected chi connectivity index (χ0v) is 14.3. The van der Waals surface area contributed by atoms with Crippen molar-refractivity contribution in [1.29, 1.82) is 0 Å². The second kappa shape index (κ2) is 7.45. The number of aryl methyl sites for hydroxylation is 1. The molecule has 0 bridgehead atoms. The van der Waals surface area contributed by atoms with Crippen LogP contribution in [0.15, 0.2) is 10.5 Å². The molecule has 1 aromatic heterocycles. The lowest BCUT2D eigenvalue weighted by molar-refractivity contribution is -0.123. The smallest absolute Gasteiger partial charge is 0.374 e. The summed E-state index contributed by atoms with van der Waals surface area (Å²) in [5.41, 5.74) is 0.479. The summed E-state index contributed by atoms with van der Waals surface area (Å²) in [4.78, 5) is 25.5. The number of ether oxygens (including phenoxy) is 1. The maximum Gasteiger partial charge on any atom is 0.374 e. The fourth-order valence-corrected chi connectivity index (χ4v) is 2.08. The molecule has 0 fully saturated rings. The Bertz CT molecular complexity index is 529. The minimum atomic E-state index is -0.489. The van der Waals surface area contributed by atoms with E-state index in [0.29, 0.717) is 18.8 Å². The van der Waals surface area contributed by atoms with E-state index in [-0.39, 0.29) is 23.8 Å². The lowest BCUT2D eigenvalue weighted by atomic mass is 10.1. The first-order valence-corrected chi connectivity index (χ1v) is 7.37. The SMILES string of the molecule is CCN(CC(=O)NC(C)(C)C)Cc1cc(C)c(C(=O)OC)o1. The molecular weight excluding hydrogens is 284 g/mol. The predicted molar refractivity (Wildman–Crippen MR) is 83.6 cm³/mol. The van der Waals surface area contributed by atoms with Gasteiger partial charge in [-0.05, 0) is 40.3 Å². The van der Waals surface area contributed by atoms with Gasteiger partial charge in [0.2, 0.25) is 11.7 Å². The lowest BCUT2D eigenvalue weighted by Gasteiger charge is -2.24. The molecule has 0 aliphatic heterocycles. The Labute approximate surface area is 131 Å². The number of esters is 1. The van der Waals surface area contributed by atoms with Crippen molar-refractivity contribution in [1.82, 2.24) is 10.2 Å². The van der Waals surface area contributed by atoms with Crippen LogP contribution in [0.5, 0.6) is 0 Å². The molecule has 6 heteroatoms. The first-order chi connectivity index (χ1) is 10.2. The number of methoxy groups -OCH3 is 1. The zero-order valence-electron chi connectivity index (χ0n) is 14.3. The van der Waals surface area contributed by atoms with Crippen molar-refractivity contribution < 1.29 is 18.7 Å². The first kappa shape index (κ1) is 18.2. The standard InChI is InChI=1S/C16H26N2O4/c1-7-18(10-13(19)17-16(3,4)5)9-12-8-11(2)14(22-12)15(20)21-6/h8H,7,9-10H2,1-6H3,(H,17,19). The molecule has 0 aliphatic carbocycles. The molecule has 1 heterocycles. The summed E-state index contributed by atoms with van der Waals surface area (Å²) in [6, 6.07) is 1.80. The van der Waals surface area contributed by atoms with E-state index in [0.717, 1.165) is 5.56 Å². The van der Waals surface area contributed by atoms with Crippen molar-refractivity contribution in [2.75, 3.05) is 20.2 Å². The number of nitrogens with zero attached hydrogens (tertiary/aromatic N) is 1. The van der Waals surface area contributed by atoms with Gasteiger partial charge < -0.3 is 14.5 Å². The van der Waals surface area contributed by atoms with Gasteiger partial charge in [-0.15, -0.1) is 0 Å². The van der Waals surface area contributed by atoms with E-state index in [1.165, 1.54) is 7.11 Å². The quantitative estimate of drug-likeness (QED) is 0.815. The van der Waals surface area contributed by atoms with Crippen LogP contribution in [0.1, 0.15) is 49.6 Å². The van der Waals surface area contributed by atoms with Crippen LogP contribution < -0.4 is 5.32 Å². The topological polar surface area (TPSA) is 71.8 Å². The van der Waals surface area contributed by atoms with Crippen LogP contribution in [0.2, 0.25) is 0 Å². The summed E-state index contributed by atoms with van der Waals surface area (Å²) in [6.07, 6.45) is 0. The fourth-order valence-electron chi connectivity index (χ4n) is 2.08. The van der Waals surface area contributed by atoms with E-state index >= 15 is 0 Å². The minimum Gasteiger partial charge on any atom is -0.463 e. The van der Waals surface area contributed by atoms with Crippen molar-refractivity contribution in [2.45, 2.75) is 46.7 Å². The van der Waals surface area contributed by atoms with Crippen molar-refractivity contribution in [3.63, 3.8) is 0 Å². The highest BCUT2D eigenvalue weighted by Gasteiger charge is 2.20. The maximum atomic E-state index is 12.0. The Hall–Kier alpha value is -1.82. The van der Waals surface area contributed by atoms with E-state index in [2.05, 4.69) is 10.1 Å². The van der Waals surface area contributed by atoms with Crippen LogP contribution in [0.3, 0.4) is 0 Å². The molecule has 0 aliphatic rings. The van der Waals surface area contributed by atoms with E-state index in [1.807, 2.05) is 32.6 Å². The molecular formula is C16H26N2O4. The molecule has 0 atom stereocenters. The van der Waals surface area contributed by atoms with Crippen LogP contribution >= 0.6 is 0 Å². The lowest BCUT2D eigenvalue weighted by Crippen LogP contribution is -2.45. The van der Waals surface area contributed by atoms with Gasteiger partial charge in [-0.1, -0.05) is 6.92 Å². The molecule has 0 saturated carbocycles. The number of carbonyl (C=O) groups is 2. The largest absolute Gasteiger partial charge is 0.463 e. The molecule has 22 heavy (non-hydrogen) atoms. The van der Waals surface area contributed by atoms with Crippen LogP contribution in [0.25, 0.3) is 0 Å². The molecule has 1 aromatic rings. The molecule has 124 valence electrons. The van der Waals surface area contributed by atoms with Crippen molar-refractivity contribution >= 4 is 11.9 Å². The highest BCUT2D eigenvalue weighted by molar-refractivity contribution is 5.87. The van der Waals surface area contributed by atoms with Gasteiger partial charge >= 0.3 is 5.97 Å². The number of carbonyl (C=O) groups excluding carboxylic acids is 2. The normalized spacial score (nSPS) is 11.6. The Morgan fingerprint density at radius 1 is 1.36 bits per heavy atom. The van der Waals surface area contributed by atoms with Crippen molar-refractivity contribution in [3.8, 4) is 0 Å². The van der Waals surface area contributed by atoms with Gasteiger partial charge in [0.1, 0.15) is 5.76 Å². The molecule has 1 N–H and O–H groups in total. The molecule has 0 unspecified atom stereocenters. The van der Waals surface area contributed by atoms with Gasteiger partial charge in [0.15, 0.2) is 0 Å². The first-order valence-electron chi connectivity index (χ1n) is 7.37. The Morgan fingerprint density at radius 3 is 2.50 bits per heavy atom. The van der Waals surface area contributed by atoms with Gasteiger partial charge in [-0.2, -0.15) is 0 Å². The molecule has 0 aromatic carbocycles. The van der Waals surface area contributed by atoms with Crippen LogP contribution in [0, 0.1) is 6.92 Å². The maximum absolute atomic E-state index is 12.0. The summed E-state index contributed by atoms with van der Waals surface area (Å²) in [5.74, 6) is 0.332. The summed E-state index contributed by atoms with van der Waals surface area (Å²) in [5, 5.41) is 2.93. The highest BCUT2D eigenvalue weighted by atomic mass is 16.5. The number of amides is 1. The number of hydrogen-bond donors (Lipinski definition) is 1. The summed E-state index contributed by atoms with van der Waals surface area (Å²) in [7, 11) is 1.32. The Kier molecular flexibility index (Phi) is 6.17. The molecule has 1 amide bonds. The Morgan fingerprint density at radius 2 is 2.00 bits per heavy atom. The molecule has 1 rings (SSSR count). The average Bonchev–Trinajstić information content (AvgIpc) is 2.75. The van der Waals surface area contributed by atoms with Gasteiger partial charge in [-0.25, -0.2) is 4.79 Å². The number of hydrogen-bond acceptors (Lipinski definition) is 5. The minimum absolute atomic E-state index is 0.0363. The van der Waals surface area contributed by atoms with E-state index in [1.54, 1.807) is 13.0 Å². The fraction of sp³-hybridized carbons (Fsp3) is 0.625. The summed E-state index contributed by atoms with van der Waals surface area (Å²) in [6.45, 7) is 11.0. The van der Waals surface area contributed by atoms with E-state index < -0.39 is 5.97 Å². The number of furan rings is 1. The summed E-state index contributed by atoms with van der Waals surface area (Å²) < 4.78 is 10.2. The number of likely N-dealkylation sites (N-methyl/N-ethyl adjacent to an activating group) is 1. The molecule has 0 radical (unpaired) electrons. The molecule has 0 spiro atoms. The number of rotatable bonds is 6. The number of nitrogens with one attached hydrogen (secondary N) is 1. The third kappa shape index (κ3) is 5.52. The third-order valence-corrected chi connectivity index (χ3v) is 3.05. The average molecular weight is 310 g/mol. The van der Waals surface area contributed by atoms with E-state index in [9.17, 15) is 9.59 Å². The van der Waals surface area contributed by atoms with E-state index in [4.69, 9.17) is 4.42 Å². The van der Waals surface area contributed by atoms with Crippen molar-refractivity contribution in [2.24, 2.45) is 0 Å². The predicted octanol–water partition coefficient (Wildman–Crippen LogP) is 2.11. The summed E-state index contributed by atoms with van der Waals surface area (Å²) >= 11 is 0. The van der Waals surface area contributed by atoms with Crippen LogP contribution in [-0.4, -0.2) is 42.5 Å². The highest BCUT2D eigenvalue weighted by Crippen LogP contribution is 2.17. The van der Waals surface area contributed by atoms with Crippen LogP contribution in [0.4, 0.5) is 0 Å². The monoisotopic (exact) mass is 310 g/mol. The Balaban J connectivity index is 2.71. The second-order valence-electron chi connectivity index (χ2n) is 6.32. The van der Waals surface area contributed by atoms with Gasteiger partial charge in [0, 0.05) is 11.1 Å². The van der Waals surface area contributed by atoms with Gasteiger partial charge in [-0.3, -0.25) is 9.69 Å². The molecule has 6 nitrogen and oxygen atoms in total.